The zero-order valence-electron chi connectivity index (χ0n) is 9.11. The molecule has 2 fully saturated rings. The molecule has 0 aromatic rings. The molecule has 1 aliphatic carbocycles. The van der Waals surface area contributed by atoms with E-state index in [-0.39, 0.29) is 6.04 Å². The number of carbonyl (C=O) groups is 1. The summed E-state index contributed by atoms with van der Waals surface area (Å²) >= 11 is 1.80. The molecule has 3 nitrogen and oxygen atoms in total. The number of rotatable bonds is 2. The molecule has 15 heavy (non-hydrogen) atoms. The molecule has 2 rings (SSSR count). The minimum absolute atomic E-state index is 0.322. The largest absolute Gasteiger partial charge is 0.480 e. The van der Waals surface area contributed by atoms with Crippen LogP contribution in [0.3, 0.4) is 0 Å². The van der Waals surface area contributed by atoms with Gasteiger partial charge in [-0.15, -0.1) is 11.8 Å². The van der Waals surface area contributed by atoms with E-state index < -0.39 is 5.97 Å². The first-order valence-corrected chi connectivity index (χ1v) is 6.82. The summed E-state index contributed by atoms with van der Waals surface area (Å²) in [7, 11) is 0. The molecule has 0 aromatic heterocycles. The Hall–Kier alpha value is -0.220. The quantitative estimate of drug-likeness (QED) is 0.759. The number of carboxylic acid groups (broad SMARTS) is 1. The maximum atomic E-state index is 10.8. The molecule has 2 N–H and O–H groups in total. The van der Waals surface area contributed by atoms with E-state index in [1.54, 1.807) is 11.8 Å². The first-order chi connectivity index (χ1) is 7.16. The Morgan fingerprint density at radius 1 is 1.47 bits per heavy atom. The summed E-state index contributed by atoms with van der Waals surface area (Å²) in [5.74, 6) is 1.53. The summed E-state index contributed by atoms with van der Waals surface area (Å²) in [6.07, 6.45) is 5.18. The van der Waals surface area contributed by atoms with E-state index >= 15 is 0 Å². The van der Waals surface area contributed by atoms with E-state index in [0.717, 1.165) is 11.7 Å². The van der Waals surface area contributed by atoms with E-state index in [1.807, 2.05) is 0 Å². The Morgan fingerprint density at radius 3 is 2.87 bits per heavy atom. The lowest BCUT2D eigenvalue weighted by Crippen LogP contribution is -2.40. The zero-order chi connectivity index (χ0) is 10.8. The van der Waals surface area contributed by atoms with Crippen molar-refractivity contribution in [2.24, 2.45) is 11.8 Å². The van der Waals surface area contributed by atoms with Gasteiger partial charge >= 0.3 is 5.97 Å². The van der Waals surface area contributed by atoms with Gasteiger partial charge in [-0.2, -0.15) is 0 Å². The maximum Gasteiger partial charge on any atom is 0.321 e. The van der Waals surface area contributed by atoms with Crippen molar-refractivity contribution < 1.29 is 9.90 Å². The second kappa shape index (κ2) is 4.74. The molecule has 1 saturated heterocycles. The van der Waals surface area contributed by atoms with Crippen molar-refractivity contribution >= 4 is 17.7 Å². The van der Waals surface area contributed by atoms with Crippen molar-refractivity contribution in [1.82, 2.24) is 5.32 Å². The Morgan fingerprint density at radius 2 is 2.27 bits per heavy atom. The molecule has 4 atom stereocenters. The van der Waals surface area contributed by atoms with Crippen molar-refractivity contribution in [2.75, 3.05) is 5.75 Å². The second-order valence-corrected chi connectivity index (χ2v) is 6.02. The van der Waals surface area contributed by atoms with E-state index in [2.05, 4.69) is 12.2 Å². The van der Waals surface area contributed by atoms with E-state index in [9.17, 15) is 4.79 Å². The van der Waals surface area contributed by atoms with Crippen LogP contribution in [-0.2, 0) is 4.79 Å². The third-order valence-electron chi connectivity index (χ3n) is 3.51. The van der Waals surface area contributed by atoms with Gasteiger partial charge in [-0.25, -0.2) is 0 Å². The molecule has 0 aromatic carbocycles. The monoisotopic (exact) mass is 229 g/mol. The molecule has 0 bridgehead atoms. The van der Waals surface area contributed by atoms with Crippen molar-refractivity contribution in [2.45, 2.75) is 44.0 Å². The highest BCUT2D eigenvalue weighted by molar-refractivity contribution is 8.00. The van der Waals surface area contributed by atoms with Crippen molar-refractivity contribution in [3.05, 3.63) is 0 Å². The maximum absolute atomic E-state index is 10.8. The number of thioether (sulfide) groups is 1. The van der Waals surface area contributed by atoms with Crippen LogP contribution in [0.25, 0.3) is 0 Å². The average Bonchev–Trinajstić information content (AvgIpc) is 2.66. The highest BCUT2D eigenvalue weighted by Gasteiger charge is 2.35. The van der Waals surface area contributed by atoms with Gasteiger partial charge in [-0.05, 0) is 24.7 Å². The van der Waals surface area contributed by atoms with Crippen LogP contribution in [0.2, 0.25) is 0 Å². The van der Waals surface area contributed by atoms with Gasteiger partial charge < -0.3 is 5.11 Å². The van der Waals surface area contributed by atoms with Crippen LogP contribution in [0.4, 0.5) is 0 Å². The molecule has 0 radical (unpaired) electrons. The SMILES string of the molecule is CC1CCCC(C2N[C@@H](C(=O)O)CS2)C1. The van der Waals surface area contributed by atoms with Gasteiger partial charge in [-0.3, -0.25) is 10.1 Å². The summed E-state index contributed by atoms with van der Waals surface area (Å²) in [6, 6.07) is -0.322. The van der Waals surface area contributed by atoms with Gasteiger partial charge in [-0.1, -0.05) is 19.8 Å². The van der Waals surface area contributed by atoms with Gasteiger partial charge in [0.15, 0.2) is 0 Å². The average molecular weight is 229 g/mol. The molecule has 1 saturated carbocycles. The van der Waals surface area contributed by atoms with Crippen molar-refractivity contribution in [3.8, 4) is 0 Å². The van der Waals surface area contributed by atoms with Crippen molar-refractivity contribution in [3.63, 3.8) is 0 Å². The van der Waals surface area contributed by atoms with Crippen LogP contribution in [0.15, 0.2) is 0 Å². The number of hydrogen-bond acceptors (Lipinski definition) is 3. The molecule has 3 unspecified atom stereocenters. The second-order valence-electron chi connectivity index (χ2n) is 4.84. The lowest BCUT2D eigenvalue weighted by atomic mass is 9.82. The molecule has 86 valence electrons. The van der Waals surface area contributed by atoms with Gasteiger partial charge in [0.25, 0.3) is 0 Å². The Labute approximate surface area is 95.0 Å². The topological polar surface area (TPSA) is 49.3 Å². The van der Waals surface area contributed by atoms with Gasteiger partial charge in [0.05, 0.1) is 5.37 Å². The highest BCUT2D eigenvalue weighted by atomic mass is 32.2. The highest BCUT2D eigenvalue weighted by Crippen LogP contribution is 2.37. The molecule has 1 aliphatic heterocycles. The third kappa shape index (κ3) is 2.67. The Balaban J connectivity index is 1.87. The van der Waals surface area contributed by atoms with E-state index in [0.29, 0.717) is 11.3 Å². The van der Waals surface area contributed by atoms with Gasteiger partial charge in [0.2, 0.25) is 0 Å². The number of aliphatic carboxylic acids is 1. The smallest absolute Gasteiger partial charge is 0.321 e. The summed E-state index contributed by atoms with van der Waals surface area (Å²) in [4.78, 5) is 10.8. The number of carboxylic acids is 1. The molecule has 0 spiro atoms. The molecule has 2 aliphatic rings. The van der Waals surface area contributed by atoms with Crippen LogP contribution >= 0.6 is 11.8 Å². The molecule has 4 heteroatoms. The fourth-order valence-corrected chi connectivity index (χ4v) is 4.08. The van der Waals surface area contributed by atoms with Crippen molar-refractivity contribution in [1.29, 1.82) is 0 Å². The number of hydrogen-bond donors (Lipinski definition) is 2. The van der Waals surface area contributed by atoms with Gasteiger partial charge in [0.1, 0.15) is 6.04 Å². The predicted octanol–water partition coefficient (Wildman–Crippen LogP) is 1.93. The minimum Gasteiger partial charge on any atom is -0.480 e. The first kappa shape index (κ1) is 11.3. The summed E-state index contributed by atoms with van der Waals surface area (Å²) in [5, 5.41) is 12.5. The molecule has 0 amide bonds. The number of nitrogens with one attached hydrogen (secondary N) is 1. The minimum atomic E-state index is -0.700. The van der Waals surface area contributed by atoms with Crippen LogP contribution < -0.4 is 5.32 Å². The summed E-state index contributed by atoms with van der Waals surface area (Å²) in [6.45, 7) is 2.31. The fraction of sp³-hybridized carbons (Fsp3) is 0.909. The predicted molar refractivity (Wildman–Crippen MR) is 61.9 cm³/mol. The lowest BCUT2D eigenvalue weighted by molar-refractivity contribution is -0.138. The Kier molecular flexibility index (Phi) is 3.57. The third-order valence-corrected chi connectivity index (χ3v) is 4.92. The van der Waals surface area contributed by atoms with Crippen LogP contribution in [0.1, 0.15) is 32.6 Å². The molecular weight excluding hydrogens is 210 g/mol. The first-order valence-electron chi connectivity index (χ1n) is 5.77. The summed E-state index contributed by atoms with van der Waals surface area (Å²) < 4.78 is 0. The summed E-state index contributed by atoms with van der Waals surface area (Å²) in [5.41, 5.74) is 0. The normalized spacial score (nSPS) is 41.7. The van der Waals surface area contributed by atoms with E-state index in [4.69, 9.17) is 5.11 Å². The van der Waals surface area contributed by atoms with Crippen LogP contribution in [0, 0.1) is 11.8 Å². The molecular formula is C11H19NO2S. The van der Waals surface area contributed by atoms with E-state index in [1.165, 1.54) is 25.7 Å². The van der Waals surface area contributed by atoms with Crippen LogP contribution in [-0.4, -0.2) is 28.2 Å². The molecule has 1 heterocycles. The lowest BCUT2D eigenvalue weighted by Gasteiger charge is -2.30. The van der Waals surface area contributed by atoms with Crippen LogP contribution in [0.5, 0.6) is 0 Å². The standard InChI is InChI=1S/C11H19NO2S/c1-7-3-2-4-8(5-7)10-12-9(6-15-10)11(13)14/h7-10,12H,2-6H2,1H3,(H,13,14)/t7?,8?,9-,10?/m1/s1. The Bertz CT molecular complexity index is 247. The zero-order valence-corrected chi connectivity index (χ0v) is 9.93. The van der Waals surface area contributed by atoms with Gasteiger partial charge in [0, 0.05) is 5.75 Å². The fourth-order valence-electron chi connectivity index (χ4n) is 2.67.